The van der Waals surface area contributed by atoms with Gasteiger partial charge in [0.05, 0.1) is 6.61 Å². The Hall–Kier alpha value is -2.92. The monoisotopic (exact) mass is 919 g/mol. The van der Waals surface area contributed by atoms with Crippen LogP contribution in [0.4, 0.5) is 0 Å². The van der Waals surface area contributed by atoms with Crippen molar-refractivity contribution in [3.63, 3.8) is 0 Å². The van der Waals surface area contributed by atoms with Crippen LogP contribution in [0.3, 0.4) is 0 Å². The van der Waals surface area contributed by atoms with Crippen LogP contribution in [-0.4, -0.2) is 37.9 Å². The molecule has 0 saturated heterocycles. The summed E-state index contributed by atoms with van der Waals surface area (Å²) < 4.78 is 17.4. The maximum Gasteiger partial charge on any atom is 0.306 e. The molecule has 0 radical (unpaired) electrons. The quantitative estimate of drug-likeness (QED) is 0.0346. The topological polar surface area (TPSA) is 61.8 Å². The van der Waals surface area contributed by atoms with Gasteiger partial charge in [0.1, 0.15) is 6.61 Å². The first-order valence-electron chi connectivity index (χ1n) is 28.1. The number of ether oxygens (including phenoxy) is 3. The lowest BCUT2D eigenvalue weighted by Crippen LogP contribution is -2.30. The summed E-state index contributed by atoms with van der Waals surface area (Å²) in [5.41, 5.74) is 0. The maximum absolute atomic E-state index is 12.8. The second-order valence-electron chi connectivity index (χ2n) is 18.4. The van der Waals surface area contributed by atoms with Gasteiger partial charge in [0.25, 0.3) is 0 Å². The number of hydrogen-bond donors (Lipinski definition) is 0. The molecule has 5 heteroatoms. The third kappa shape index (κ3) is 53.7. The van der Waals surface area contributed by atoms with E-state index in [4.69, 9.17) is 14.2 Å². The van der Waals surface area contributed by atoms with Crippen LogP contribution in [-0.2, 0) is 23.8 Å². The Morgan fingerprint density at radius 3 is 1.17 bits per heavy atom. The molecule has 5 nitrogen and oxygen atoms in total. The van der Waals surface area contributed by atoms with Crippen LogP contribution in [0.2, 0.25) is 0 Å². The molecule has 0 aliphatic heterocycles. The minimum atomic E-state index is -0.557. The van der Waals surface area contributed by atoms with Gasteiger partial charge in [-0.3, -0.25) is 9.59 Å². The van der Waals surface area contributed by atoms with E-state index in [-0.39, 0.29) is 25.2 Å². The predicted octanol–water partition coefficient (Wildman–Crippen LogP) is 19.2. The normalized spacial score (nSPS) is 12.8. The standard InChI is InChI=1S/C61H106O5/c1-4-7-10-13-16-19-22-25-27-29-31-33-35-37-39-42-45-48-51-54-60(62)65-58-59(57-64-56-53-50-47-44-41-24-21-18-15-12-9-6-3)66-61(63)55-52-49-46-43-40-38-36-34-32-30-28-26-23-20-17-14-11-8-5-2/h7,10,15-16,18-19,25-28,31,33,37,39,59H,4-6,8-9,11-14,17,20-24,29-30,32,34-36,38,40-58H2,1-3H3/b10-7-,18-15-,19-16-,27-25-,28-26-,33-31-,39-37-. The van der Waals surface area contributed by atoms with Gasteiger partial charge in [-0.25, -0.2) is 0 Å². The van der Waals surface area contributed by atoms with Crippen LogP contribution in [0.1, 0.15) is 265 Å². The number of esters is 2. The van der Waals surface area contributed by atoms with Gasteiger partial charge in [-0.05, 0) is 109 Å². The van der Waals surface area contributed by atoms with Crippen LogP contribution in [0.15, 0.2) is 85.1 Å². The molecule has 0 rings (SSSR count). The van der Waals surface area contributed by atoms with Crippen LogP contribution < -0.4 is 0 Å². The number of allylic oxidation sites excluding steroid dienone is 14. The van der Waals surface area contributed by atoms with Crippen molar-refractivity contribution < 1.29 is 23.8 Å². The summed E-state index contributed by atoms with van der Waals surface area (Å²) in [7, 11) is 0. The number of hydrogen-bond acceptors (Lipinski definition) is 5. The molecule has 0 bridgehead atoms. The first kappa shape index (κ1) is 63.1. The van der Waals surface area contributed by atoms with E-state index in [2.05, 4.69) is 106 Å². The first-order valence-corrected chi connectivity index (χ1v) is 28.1. The Morgan fingerprint density at radius 2 is 0.697 bits per heavy atom. The molecule has 0 aliphatic rings. The van der Waals surface area contributed by atoms with Gasteiger partial charge in [-0.2, -0.15) is 0 Å². The molecule has 66 heavy (non-hydrogen) atoms. The third-order valence-corrected chi connectivity index (χ3v) is 11.9. The Morgan fingerprint density at radius 1 is 0.348 bits per heavy atom. The lowest BCUT2D eigenvalue weighted by molar-refractivity contribution is -0.163. The van der Waals surface area contributed by atoms with E-state index in [0.717, 1.165) is 89.9 Å². The number of unbranched alkanes of at least 4 members (excludes halogenated alkanes) is 26. The molecule has 0 saturated carbocycles. The van der Waals surface area contributed by atoms with Crippen molar-refractivity contribution in [3.8, 4) is 0 Å². The molecule has 380 valence electrons. The molecule has 1 unspecified atom stereocenters. The zero-order valence-corrected chi connectivity index (χ0v) is 43.7. The van der Waals surface area contributed by atoms with Crippen molar-refractivity contribution in [1.29, 1.82) is 0 Å². The highest BCUT2D eigenvalue weighted by atomic mass is 16.6. The Balaban J connectivity index is 4.30. The zero-order chi connectivity index (χ0) is 47.7. The summed E-state index contributed by atoms with van der Waals surface area (Å²) in [6, 6.07) is 0. The zero-order valence-electron chi connectivity index (χ0n) is 43.7. The van der Waals surface area contributed by atoms with Crippen LogP contribution in [0.5, 0.6) is 0 Å². The minimum absolute atomic E-state index is 0.0625. The summed E-state index contributed by atoms with van der Waals surface area (Å²) in [6.45, 7) is 7.65. The van der Waals surface area contributed by atoms with E-state index in [1.807, 2.05) is 0 Å². The second-order valence-corrected chi connectivity index (χ2v) is 18.4. The second kappa shape index (κ2) is 56.4. The van der Waals surface area contributed by atoms with E-state index < -0.39 is 6.10 Å². The highest BCUT2D eigenvalue weighted by Gasteiger charge is 2.17. The van der Waals surface area contributed by atoms with Gasteiger partial charge >= 0.3 is 11.9 Å². The van der Waals surface area contributed by atoms with Crippen molar-refractivity contribution in [3.05, 3.63) is 85.1 Å². The predicted molar refractivity (Wildman–Crippen MR) is 288 cm³/mol. The van der Waals surface area contributed by atoms with Gasteiger partial charge in [0.2, 0.25) is 0 Å². The van der Waals surface area contributed by atoms with Gasteiger partial charge < -0.3 is 14.2 Å². The van der Waals surface area contributed by atoms with E-state index >= 15 is 0 Å². The summed E-state index contributed by atoms with van der Waals surface area (Å²) in [5, 5.41) is 0. The summed E-state index contributed by atoms with van der Waals surface area (Å²) in [4.78, 5) is 25.5. The average Bonchev–Trinajstić information content (AvgIpc) is 3.32. The van der Waals surface area contributed by atoms with E-state index in [1.54, 1.807) is 0 Å². The fraction of sp³-hybridized carbons (Fsp3) is 0.738. The van der Waals surface area contributed by atoms with Gasteiger partial charge in [0, 0.05) is 19.4 Å². The lowest BCUT2D eigenvalue weighted by Gasteiger charge is -2.18. The molecule has 0 spiro atoms. The molecule has 0 aromatic carbocycles. The molecular formula is C61H106O5. The van der Waals surface area contributed by atoms with Crippen molar-refractivity contribution in [2.24, 2.45) is 0 Å². The van der Waals surface area contributed by atoms with Crippen LogP contribution >= 0.6 is 0 Å². The summed E-state index contributed by atoms with van der Waals surface area (Å²) in [5.74, 6) is -0.436. The summed E-state index contributed by atoms with van der Waals surface area (Å²) in [6.07, 6.45) is 74.6. The van der Waals surface area contributed by atoms with E-state index in [1.165, 1.54) is 141 Å². The fourth-order valence-electron chi connectivity index (χ4n) is 7.69. The number of rotatable bonds is 51. The van der Waals surface area contributed by atoms with E-state index in [0.29, 0.717) is 19.4 Å². The smallest absolute Gasteiger partial charge is 0.306 e. The first-order chi connectivity index (χ1) is 32.6. The number of carbonyl (C=O) groups is 2. The molecule has 0 aromatic heterocycles. The van der Waals surface area contributed by atoms with Crippen molar-refractivity contribution in [2.75, 3.05) is 19.8 Å². The Labute approximate surface area is 409 Å². The molecular weight excluding hydrogens is 813 g/mol. The molecule has 0 amide bonds. The fourth-order valence-corrected chi connectivity index (χ4v) is 7.69. The van der Waals surface area contributed by atoms with Crippen molar-refractivity contribution >= 4 is 11.9 Å². The molecule has 0 N–H and O–H groups in total. The van der Waals surface area contributed by atoms with Crippen LogP contribution in [0.25, 0.3) is 0 Å². The summed E-state index contributed by atoms with van der Waals surface area (Å²) >= 11 is 0. The molecule has 0 heterocycles. The minimum Gasteiger partial charge on any atom is -0.462 e. The van der Waals surface area contributed by atoms with Crippen molar-refractivity contribution in [2.45, 2.75) is 271 Å². The largest absolute Gasteiger partial charge is 0.462 e. The average molecular weight is 920 g/mol. The Bertz CT molecular complexity index is 1220. The molecule has 1 atom stereocenters. The SMILES string of the molecule is CC/C=C\C/C=C\C/C=C\C/C=C\C/C=C\CCCCCC(=O)OCC(COCCCCCCCC/C=C\CCCC)OC(=O)CCCCCCCCCCC/C=C\CCCCCCCC. The molecule has 0 aromatic rings. The van der Waals surface area contributed by atoms with E-state index in [9.17, 15) is 9.59 Å². The van der Waals surface area contributed by atoms with Crippen LogP contribution in [0, 0.1) is 0 Å². The van der Waals surface area contributed by atoms with Gasteiger partial charge in [-0.15, -0.1) is 0 Å². The Kier molecular flexibility index (Phi) is 53.9. The molecule has 0 fully saturated rings. The number of carbonyl (C=O) groups excluding carboxylic acids is 2. The third-order valence-electron chi connectivity index (χ3n) is 11.9. The van der Waals surface area contributed by atoms with Crippen molar-refractivity contribution in [1.82, 2.24) is 0 Å². The molecule has 0 aliphatic carbocycles. The highest BCUT2D eigenvalue weighted by Crippen LogP contribution is 2.14. The van der Waals surface area contributed by atoms with Gasteiger partial charge in [0.15, 0.2) is 6.10 Å². The highest BCUT2D eigenvalue weighted by molar-refractivity contribution is 5.70. The van der Waals surface area contributed by atoms with Gasteiger partial charge in [-0.1, -0.05) is 228 Å². The maximum atomic E-state index is 12.8. The lowest BCUT2D eigenvalue weighted by atomic mass is 10.1.